The topological polar surface area (TPSA) is 39.9 Å². The van der Waals surface area contributed by atoms with E-state index in [0.29, 0.717) is 6.61 Å². The highest BCUT2D eigenvalue weighted by Gasteiger charge is 2.34. The largest absolute Gasteiger partial charge is 0.518 e. The number of hydrogen-bond donors (Lipinski definition) is 0. The van der Waals surface area contributed by atoms with Crippen molar-refractivity contribution >= 4 is 5.97 Å². The lowest BCUT2D eigenvalue weighted by atomic mass is 9.90. The van der Waals surface area contributed by atoms with Gasteiger partial charge in [0.15, 0.2) is 0 Å². The second kappa shape index (κ2) is 3.59. The molecule has 0 spiro atoms. The SMILES string of the molecule is CCC1OCCc2c1ccc1c2COC1=[OH+]. The molecule has 3 nitrogen and oxygen atoms in total. The lowest BCUT2D eigenvalue weighted by molar-refractivity contribution is 0.0395. The van der Waals surface area contributed by atoms with Gasteiger partial charge in [0.2, 0.25) is 6.61 Å². The zero-order valence-electron chi connectivity index (χ0n) is 9.32. The first-order chi connectivity index (χ1) is 7.81. The number of esters is 1. The Morgan fingerprint density at radius 3 is 3.06 bits per heavy atom. The second-order valence-electron chi connectivity index (χ2n) is 4.27. The van der Waals surface area contributed by atoms with Crippen molar-refractivity contribution in [1.82, 2.24) is 0 Å². The van der Waals surface area contributed by atoms with E-state index in [0.717, 1.165) is 30.6 Å². The molecule has 0 aromatic heterocycles. The third-order valence-corrected chi connectivity index (χ3v) is 3.44. The van der Waals surface area contributed by atoms with Gasteiger partial charge in [0.25, 0.3) is 0 Å². The zero-order valence-corrected chi connectivity index (χ0v) is 9.32. The quantitative estimate of drug-likeness (QED) is 0.536. The van der Waals surface area contributed by atoms with Crippen molar-refractivity contribution < 1.29 is 14.3 Å². The summed E-state index contributed by atoms with van der Waals surface area (Å²) in [7, 11) is 0. The molecule has 1 unspecified atom stereocenters. The van der Waals surface area contributed by atoms with E-state index in [1.165, 1.54) is 11.1 Å². The number of ether oxygens (including phenoxy) is 2. The Morgan fingerprint density at radius 1 is 1.38 bits per heavy atom. The molecule has 1 N–H and O–H groups in total. The van der Waals surface area contributed by atoms with Gasteiger partial charge in [-0.3, -0.25) is 0 Å². The summed E-state index contributed by atoms with van der Waals surface area (Å²) in [5, 5.41) is 0. The summed E-state index contributed by atoms with van der Waals surface area (Å²) < 4.78 is 10.9. The Kier molecular flexibility index (Phi) is 2.21. The first-order valence-electron chi connectivity index (χ1n) is 5.76. The standard InChI is InChI=1S/C13H14O3/c1-2-12-9-3-4-10-11(7-16-13(10)14)8(9)5-6-15-12/h3-4,12H,2,5-7H2,1H3/p+1. The van der Waals surface area contributed by atoms with E-state index in [9.17, 15) is 4.79 Å². The van der Waals surface area contributed by atoms with Gasteiger partial charge in [-0.15, -0.1) is 0 Å². The maximum atomic E-state index is 9.57. The molecule has 2 heterocycles. The van der Waals surface area contributed by atoms with Crippen molar-refractivity contribution in [1.29, 1.82) is 0 Å². The van der Waals surface area contributed by atoms with E-state index >= 15 is 0 Å². The number of cyclic esters (lactones) is 1. The minimum atomic E-state index is 0.0670. The van der Waals surface area contributed by atoms with E-state index in [4.69, 9.17) is 9.47 Å². The van der Waals surface area contributed by atoms with Gasteiger partial charge in [0, 0.05) is 5.56 Å². The van der Waals surface area contributed by atoms with Crippen molar-refractivity contribution in [2.75, 3.05) is 6.61 Å². The fourth-order valence-electron chi connectivity index (χ4n) is 2.62. The molecular weight excluding hydrogens is 204 g/mol. The lowest BCUT2D eigenvalue weighted by Crippen LogP contribution is -2.17. The fourth-order valence-corrected chi connectivity index (χ4v) is 2.62. The van der Waals surface area contributed by atoms with Crippen LogP contribution in [0.4, 0.5) is 0 Å². The van der Waals surface area contributed by atoms with Crippen molar-refractivity contribution in [3.8, 4) is 0 Å². The van der Waals surface area contributed by atoms with E-state index in [2.05, 4.69) is 13.0 Å². The first kappa shape index (κ1) is 9.85. The van der Waals surface area contributed by atoms with Gasteiger partial charge in [-0.05, 0) is 30.0 Å². The molecular formula is C13H15O3+. The summed E-state index contributed by atoms with van der Waals surface area (Å²) in [4.78, 5) is 9.57. The van der Waals surface area contributed by atoms with Crippen LogP contribution < -0.4 is 0 Å². The van der Waals surface area contributed by atoms with Crippen molar-refractivity contribution in [3.63, 3.8) is 0 Å². The van der Waals surface area contributed by atoms with Gasteiger partial charge in [-0.1, -0.05) is 13.0 Å². The van der Waals surface area contributed by atoms with Crippen LogP contribution in [0.25, 0.3) is 0 Å². The monoisotopic (exact) mass is 219 g/mol. The highest BCUT2D eigenvalue weighted by molar-refractivity contribution is 5.94. The predicted octanol–water partition coefficient (Wildman–Crippen LogP) is 2.09. The Hall–Kier alpha value is -1.35. The molecule has 1 atom stereocenters. The van der Waals surface area contributed by atoms with Gasteiger partial charge >= 0.3 is 5.97 Å². The van der Waals surface area contributed by atoms with Crippen molar-refractivity contribution in [2.24, 2.45) is 0 Å². The summed E-state index contributed by atoms with van der Waals surface area (Å²) in [6.07, 6.45) is 2.12. The number of fused-ring (bicyclic) bond motifs is 3. The van der Waals surface area contributed by atoms with Crippen LogP contribution in [-0.4, -0.2) is 17.4 Å². The van der Waals surface area contributed by atoms with Crippen LogP contribution in [-0.2, 0) is 22.5 Å². The van der Waals surface area contributed by atoms with Crippen LogP contribution in [0.3, 0.4) is 0 Å². The predicted molar refractivity (Wildman–Crippen MR) is 60.0 cm³/mol. The average molecular weight is 219 g/mol. The summed E-state index contributed by atoms with van der Waals surface area (Å²) in [5.41, 5.74) is 4.60. The van der Waals surface area contributed by atoms with E-state index in [1.54, 1.807) is 0 Å². The number of rotatable bonds is 1. The second-order valence-corrected chi connectivity index (χ2v) is 4.27. The minimum absolute atomic E-state index is 0.0670. The molecule has 0 saturated heterocycles. The minimum Gasteiger partial charge on any atom is -0.373 e. The van der Waals surface area contributed by atoms with Crippen LogP contribution in [0.2, 0.25) is 0 Å². The molecule has 3 rings (SSSR count). The molecule has 2 aliphatic heterocycles. The summed E-state index contributed by atoms with van der Waals surface area (Å²) in [6.45, 7) is 3.40. The molecule has 0 bridgehead atoms. The molecule has 0 radical (unpaired) electrons. The Labute approximate surface area is 94.4 Å². The smallest absolute Gasteiger partial charge is 0.373 e. The third-order valence-electron chi connectivity index (χ3n) is 3.44. The van der Waals surface area contributed by atoms with Crippen LogP contribution in [0.15, 0.2) is 12.1 Å². The molecule has 0 saturated carbocycles. The normalized spacial score (nSPS) is 22.6. The molecule has 0 amide bonds. The maximum Gasteiger partial charge on any atom is 0.518 e. The Bertz CT molecular complexity index is 451. The van der Waals surface area contributed by atoms with Crippen molar-refractivity contribution in [2.45, 2.75) is 32.5 Å². The highest BCUT2D eigenvalue weighted by Crippen LogP contribution is 2.35. The lowest BCUT2D eigenvalue weighted by Gasteiger charge is -2.26. The molecule has 16 heavy (non-hydrogen) atoms. The van der Waals surface area contributed by atoms with E-state index in [-0.39, 0.29) is 12.1 Å². The Balaban J connectivity index is 2.15. The summed E-state index contributed by atoms with van der Waals surface area (Å²) in [5.74, 6) is 0.0670. The van der Waals surface area contributed by atoms with Gasteiger partial charge in [-0.2, -0.15) is 0 Å². The van der Waals surface area contributed by atoms with E-state index < -0.39 is 0 Å². The molecule has 0 aliphatic carbocycles. The fraction of sp³-hybridized carbons (Fsp3) is 0.462. The Morgan fingerprint density at radius 2 is 2.25 bits per heavy atom. The molecule has 2 aliphatic rings. The molecule has 1 aromatic rings. The van der Waals surface area contributed by atoms with E-state index in [1.807, 2.05) is 6.07 Å². The zero-order chi connectivity index (χ0) is 11.1. The van der Waals surface area contributed by atoms with Gasteiger partial charge in [-0.25, -0.2) is 0 Å². The van der Waals surface area contributed by atoms with Gasteiger partial charge in [0.05, 0.1) is 12.7 Å². The summed E-state index contributed by atoms with van der Waals surface area (Å²) >= 11 is 0. The molecule has 3 heteroatoms. The number of hydrogen-bond acceptors (Lipinski definition) is 2. The van der Waals surface area contributed by atoms with Gasteiger partial charge in [0.1, 0.15) is 5.56 Å². The van der Waals surface area contributed by atoms with Crippen LogP contribution in [0.1, 0.15) is 41.7 Å². The van der Waals surface area contributed by atoms with Crippen LogP contribution in [0.5, 0.6) is 0 Å². The summed E-state index contributed by atoms with van der Waals surface area (Å²) in [6, 6.07) is 4.00. The van der Waals surface area contributed by atoms with Crippen molar-refractivity contribution in [3.05, 3.63) is 34.4 Å². The third kappa shape index (κ3) is 1.28. The highest BCUT2D eigenvalue weighted by atomic mass is 16.5. The maximum absolute atomic E-state index is 9.57. The number of benzene rings is 1. The first-order valence-corrected chi connectivity index (χ1v) is 5.76. The van der Waals surface area contributed by atoms with Crippen LogP contribution in [0, 0.1) is 0 Å². The van der Waals surface area contributed by atoms with Crippen LogP contribution >= 0.6 is 0 Å². The molecule has 84 valence electrons. The number of carbonyl (C=O) groups excluding carboxylic acids is 1. The van der Waals surface area contributed by atoms with Gasteiger partial charge < -0.3 is 14.3 Å². The molecule has 1 aromatic carbocycles. The molecule has 0 fully saturated rings. The average Bonchev–Trinajstić information content (AvgIpc) is 2.70.